The lowest BCUT2D eigenvalue weighted by atomic mass is 9.68. The van der Waals surface area contributed by atoms with Crippen LogP contribution in [0.4, 0.5) is 0 Å². The van der Waals surface area contributed by atoms with Gasteiger partial charge in [-0.05, 0) is 30.5 Å². The number of ether oxygens (including phenoxy) is 1. The molecule has 1 aromatic carbocycles. The topological polar surface area (TPSA) is 87.2 Å². The highest BCUT2D eigenvalue weighted by Crippen LogP contribution is 2.41. The van der Waals surface area contributed by atoms with Crippen LogP contribution in [0.25, 0.3) is 0 Å². The number of hydrogen-bond donors (Lipinski definition) is 0. The molecule has 1 aromatic rings. The average Bonchev–Trinajstić information content (AvgIpc) is 3.16. The van der Waals surface area contributed by atoms with Crippen LogP contribution < -0.4 is 4.74 Å². The maximum atomic E-state index is 13.8. The summed E-state index contributed by atoms with van der Waals surface area (Å²) in [4.78, 5) is 54.6. The highest BCUT2D eigenvalue weighted by molar-refractivity contribution is 6.04. The molecule has 0 atom stereocenters. The Hall–Kier alpha value is -2.90. The number of hydrogen-bond acceptors (Lipinski definition) is 5. The highest BCUT2D eigenvalue weighted by Gasteiger charge is 2.44. The maximum absolute atomic E-state index is 13.8. The van der Waals surface area contributed by atoms with Crippen LogP contribution in [0.3, 0.4) is 0 Å². The normalized spacial score (nSPS) is 21.1. The Morgan fingerprint density at radius 3 is 2.00 bits per heavy atom. The van der Waals surface area contributed by atoms with E-state index < -0.39 is 5.41 Å². The zero-order valence-electron chi connectivity index (χ0n) is 18.7. The van der Waals surface area contributed by atoms with E-state index >= 15 is 0 Å². The molecule has 4 rings (SSSR count). The molecule has 2 heterocycles. The molecular formula is C24H31N3O5. The molecule has 2 saturated heterocycles. The number of piperazine rings is 1. The number of amides is 4. The van der Waals surface area contributed by atoms with E-state index in [4.69, 9.17) is 4.74 Å². The van der Waals surface area contributed by atoms with Crippen LogP contribution in [0, 0.1) is 0 Å². The fraction of sp³-hybridized carbons (Fsp3) is 0.583. The molecular weight excluding hydrogens is 410 g/mol. The van der Waals surface area contributed by atoms with Crippen molar-refractivity contribution < 1.29 is 23.9 Å². The summed E-state index contributed by atoms with van der Waals surface area (Å²) >= 11 is 0. The molecule has 172 valence electrons. The van der Waals surface area contributed by atoms with Crippen LogP contribution >= 0.6 is 0 Å². The molecule has 0 radical (unpaired) electrons. The van der Waals surface area contributed by atoms with E-state index in [0.717, 1.165) is 48.3 Å². The Balaban J connectivity index is 1.42. The van der Waals surface area contributed by atoms with E-state index in [1.807, 2.05) is 29.2 Å². The Kier molecular flexibility index (Phi) is 6.48. The van der Waals surface area contributed by atoms with Crippen LogP contribution in [0.2, 0.25) is 0 Å². The smallest absolute Gasteiger partial charge is 0.242 e. The van der Waals surface area contributed by atoms with Crippen molar-refractivity contribution in [2.75, 3.05) is 39.8 Å². The van der Waals surface area contributed by atoms with Gasteiger partial charge in [-0.25, -0.2) is 0 Å². The van der Waals surface area contributed by atoms with Crippen molar-refractivity contribution in [1.82, 2.24) is 14.7 Å². The lowest BCUT2D eigenvalue weighted by molar-refractivity contribution is -0.148. The van der Waals surface area contributed by atoms with Crippen LogP contribution in [-0.2, 0) is 24.6 Å². The minimum Gasteiger partial charge on any atom is -0.497 e. The van der Waals surface area contributed by atoms with E-state index in [1.54, 1.807) is 12.0 Å². The molecule has 0 spiro atoms. The molecule has 0 N–H and O–H groups in total. The van der Waals surface area contributed by atoms with Crippen molar-refractivity contribution in [1.29, 1.82) is 0 Å². The monoisotopic (exact) mass is 441 g/mol. The average molecular weight is 442 g/mol. The van der Waals surface area contributed by atoms with Crippen molar-refractivity contribution in [3.63, 3.8) is 0 Å². The SMILES string of the molecule is COc1ccc(C2(C(=O)N3CCN(C(=O)CN4C(=O)CCC4=O)CC3)CCCCC2)cc1. The Morgan fingerprint density at radius 1 is 0.875 bits per heavy atom. The third-order valence-electron chi connectivity index (χ3n) is 7.13. The molecule has 2 aliphatic heterocycles. The van der Waals surface area contributed by atoms with Crippen LogP contribution in [0.1, 0.15) is 50.5 Å². The van der Waals surface area contributed by atoms with Gasteiger partial charge in [0.15, 0.2) is 0 Å². The number of carbonyl (C=O) groups is 4. The lowest BCUT2D eigenvalue weighted by Crippen LogP contribution is -2.57. The standard InChI is InChI=1S/C24H31N3O5/c1-32-19-7-5-18(6-8-19)24(11-3-2-4-12-24)23(31)26-15-13-25(14-16-26)22(30)17-27-20(28)9-10-21(27)29/h5-8H,2-4,9-17H2,1H3. The van der Waals surface area contributed by atoms with E-state index in [2.05, 4.69) is 0 Å². The summed E-state index contributed by atoms with van der Waals surface area (Å²) in [5.41, 5.74) is 0.512. The molecule has 3 fully saturated rings. The fourth-order valence-electron chi connectivity index (χ4n) is 5.19. The second-order valence-electron chi connectivity index (χ2n) is 8.92. The van der Waals surface area contributed by atoms with Gasteiger partial charge in [-0.1, -0.05) is 31.4 Å². The number of rotatable bonds is 5. The first-order valence-electron chi connectivity index (χ1n) is 11.5. The molecule has 3 aliphatic rings. The summed E-state index contributed by atoms with van der Waals surface area (Å²) in [5, 5.41) is 0. The zero-order valence-corrected chi connectivity index (χ0v) is 18.7. The minimum absolute atomic E-state index is 0.138. The highest BCUT2D eigenvalue weighted by atomic mass is 16.5. The molecule has 0 bridgehead atoms. The number of imide groups is 1. The fourth-order valence-corrected chi connectivity index (χ4v) is 5.19. The minimum atomic E-state index is -0.523. The quantitative estimate of drug-likeness (QED) is 0.650. The summed E-state index contributed by atoms with van der Waals surface area (Å²) in [5.74, 6) is 0.114. The van der Waals surface area contributed by atoms with Crippen molar-refractivity contribution in [3.05, 3.63) is 29.8 Å². The maximum Gasteiger partial charge on any atom is 0.242 e. The van der Waals surface area contributed by atoms with Crippen molar-refractivity contribution in [2.45, 2.75) is 50.4 Å². The van der Waals surface area contributed by atoms with E-state index in [-0.39, 0.29) is 43.0 Å². The van der Waals surface area contributed by atoms with E-state index in [9.17, 15) is 19.2 Å². The van der Waals surface area contributed by atoms with Gasteiger partial charge in [-0.15, -0.1) is 0 Å². The molecule has 8 heteroatoms. The lowest BCUT2D eigenvalue weighted by Gasteiger charge is -2.43. The predicted octanol–water partition coefficient (Wildman–Crippen LogP) is 1.72. The Bertz CT molecular complexity index is 867. The zero-order chi connectivity index (χ0) is 22.7. The van der Waals surface area contributed by atoms with E-state index in [0.29, 0.717) is 26.2 Å². The van der Waals surface area contributed by atoms with Crippen LogP contribution in [-0.4, -0.2) is 78.2 Å². The number of likely N-dealkylation sites (tertiary alicyclic amines) is 1. The first-order valence-corrected chi connectivity index (χ1v) is 11.5. The van der Waals surface area contributed by atoms with Gasteiger partial charge in [-0.3, -0.25) is 24.1 Å². The van der Waals surface area contributed by atoms with Crippen LogP contribution in [0.5, 0.6) is 5.75 Å². The Morgan fingerprint density at radius 2 is 1.44 bits per heavy atom. The summed E-state index contributed by atoms with van der Waals surface area (Å²) in [6, 6.07) is 7.84. The number of methoxy groups -OCH3 is 1. The van der Waals surface area contributed by atoms with Crippen molar-refractivity contribution in [2.24, 2.45) is 0 Å². The van der Waals surface area contributed by atoms with Gasteiger partial charge in [-0.2, -0.15) is 0 Å². The first kappa shape index (κ1) is 22.3. The van der Waals surface area contributed by atoms with Gasteiger partial charge in [0.05, 0.1) is 12.5 Å². The second-order valence-corrected chi connectivity index (χ2v) is 8.92. The van der Waals surface area contributed by atoms with Crippen molar-refractivity contribution in [3.8, 4) is 5.75 Å². The third kappa shape index (κ3) is 4.23. The largest absolute Gasteiger partial charge is 0.497 e. The van der Waals surface area contributed by atoms with E-state index in [1.165, 1.54) is 0 Å². The summed E-state index contributed by atoms with van der Waals surface area (Å²) in [6.07, 6.45) is 5.21. The summed E-state index contributed by atoms with van der Waals surface area (Å²) in [7, 11) is 1.63. The van der Waals surface area contributed by atoms with Gasteiger partial charge in [0, 0.05) is 39.0 Å². The molecule has 4 amide bonds. The van der Waals surface area contributed by atoms with Crippen molar-refractivity contribution >= 4 is 23.6 Å². The Labute approximate surface area is 188 Å². The summed E-state index contributed by atoms with van der Waals surface area (Å²) < 4.78 is 5.28. The second kappa shape index (κ2) is 9.30. The molecule has 0 unspecified atom stereocenters. The number of nitrogens with zero attached hydrogens (tertiary/aromatic N) is 3. The summed E-state index contributed by atoms with van der Waals surface area (Å²) in [6.45, 7) is 1.56. The molecule has 32 heavy (non-hydrogen) atoms. The third-order valence-corrected chi connectivity index (χ3v) is 7.13. The first-order chi connectivity index (χ1) is 15.4. The number of carbonyl (C=O) groups excluding carboxylic acids is 4. The number of benzene rings is 1. The van der Waals surface area contributed by atoms with Gasteiger partial charge >= 0.3 is 0 Å². The van der Waals surface area contributed by atoms with Gasteiger partial charge in [0.1, 0.15) is 12.3 Å². The van der Waals surface area contributed by atoms with Gasteiger partial charge in [0.25, 0.3) is 0 Å². The molecule has 0 aromatic heterocycles. The van der Waals surface area contributed by atoms with Gasteiger partial charge in [0.2, 0.25) is 23.6 Å². The molecule has 1 aliphatic carbocycles. The molecule has 8 nitrogen and oxygen atoms in total. The molecule has 1 saturated carbocycles. The predicted molar refractivity (Wildman–Crippen MR) is 117 cm³/mol. The van der Waals surface area contributed by atoms with Crippen LogP contribution in [0.15, 0.2) is 24.3 Å². The van der Waals surface area contributed by atoms with Gasteiger partial charge < -0.3 is 14.5 Å².